The lowest BCUT2D eigenvalue weighted by molar-refractivity contribution is 0.368. The normalized spacial score (nSPS) is 27.6. The third kappa shape index (κ3) is 1.70. The van der Waals surface area contributed by atoms with Gasteiger partial charge in [-0.2, -0.15) is 0 Å². The Bertz CT molecular complexity index is 664. The van der Waals surface area contributed by atoms with Crippen molar-refractivity contribution in [3.05, 3.63) is 69.2 Å². The zero-order valence-electron chi connectivity index (χ0n) is 10.9. The number of hydrogen-bond acceptors (Lipinski definition) is 1. The Morgan fingerprint density at radius 1 is 1.16 bits per heavy atom. The number of halogens is 1. The standard InChI is InChI=1S/C17H16BrN/c1-17-10-12-5-3-2-4-11(12)8-16(19-17)14-9-13(18)6-7-15(14)17/h2-7,9,16,19H,8,10H2,1H3/t16-,17+/m1/s1. The molecule has 0 radical (unpaired) electrons. The van der Waals surface area contributed by atoms with Crippen LogP contribution in [0.15, 0.2) is 46.9 Å². The maximum absolute atomic E-state index is 3.85. The van der Waals surface area contributed by atoms with Crippen LogP contribution in [0.5, 0.6) is 0 Å². The molecule has 1 N–H and O–H groups in total. The van der Waals surface area contributed by atoms with Gasteiger partial charge in [-0.1, -0.05) is 46.3 Å². The van der Waals surface area contributed by atoms with Crippen molar-refractivity contribution >= 4 is 15.9 Å². The molecule has 2 atom stereocenters. The van der Waals surface area contributed by atoms with Crippen LogP contribution in [0.4, 0.5) is 0 Å². The zero-order valence-corrected chi connectivity index (χ0v) is 12.5. The Morgan fingerprint density at radius 2 is 1.95 bits per heavy atom. The summed E-state index contributed by atoms with van der Waals surface area (Å²) in [4.78, 5) is 0. The van der Waals surface area contributed by atoms with Gasteiger partial charge in [0.1, 0.15) is 0 Å². The van der Waals surface area contributed by atoms with E-state index in [1.54, 1.807) is 0 Å². The van der Waals surface area contributed by atoms with Gasteiger partial charge in [0, 0.05) is 16.1 Å². The summed E-state index contributed by atoms with van der Waals surface area (Å²) in [6.07, 6.45) is 2.17. The molecule has 4 rings (SSSR count). The van der Waals surface area contributed by atoms with E-state index < -0.39 is 0 Å². The molecule has 0 unspecified atom stereocenters. The van der Waals surface area contributed by atoms with Crippen LogP contribution in [-0.4, -0.2) is 0 Å². The largest absolute Gasteiger partial charge is 0.300 e. The first-order chi connectivity index (χ1) is 9.16. The monoisotopic (exact) mass is 313 g/mol. The zero-order chi connectivity index (χ0) is 13.0. The van der Waals surface area contributed by atoms with Gasteiger partial charge in [-0.25, -0.2) is 0 Å². The number of nitrogens with one attached hydrogen (secondary N) is 1. The average Bonchev–Trinajstić information content (AvgIpc) is 2.55. The predicted octanol–water partition coefficient (Wildman–Crippen LogP) is 4.11. The van der Waals surface area contributed by atoms with Gasteiger partial charge >= 0.3 is 0 Å². The molecular formula is C17H16BrN. The predicted molar refractivity (Wildman–Crippen MR) is 81.2 cm³/mol. The van der Waals surface area contributed by atoms with Crippen LogP contribution < -0.4 is 5.32 Å². The highest BCUT2D eigenvalue weighted by Gasteiger charge is 2.42. The molecule has 19 heavy (non-hydrogen) atoms. The highest BCUT2D eigenvalue weighted by Crippen LogP contribution is 2.44. The summed E-state index contributed by atoms with van der Waals surface area (Å²) in [7, 11) is 0. The summed E-state index contributed by atoms with van der Waals surface area (Å²) in [5.74, 6) is 0. The van der Waals surface area contributed by atoms with Crippen molar-refractivity contribution in [1.82, 2.24) is 5.32 Å². The Hall–Kier alpha value is -1.12. The summed E-state index contributed by atoms with van der Waals surface area (Å²) in [6, 6.07) is 16.0. The van der Waals surface area contributed by atoms with E-state index in [-0.39, 0.29) is 5.54 Å². The van der Waals surface area contributed by atoms with E-state index in [9.17, 15) is 0 Å². The first-order valence-corrected chi connectivity index (χ1v) is 7.59. The summed E-state index contributed by atoms with van der Waals surface area (Å²) in [5, 5.41) is 3.85. The average molecular weight is 314 g/mol. The fourth-order valence-corrected chi connectivity index (χ4v) is 4.08. The van der Waals surface area contributed by atoms with Crippen molar-refractivity contribution in [2.24, 2.45) is 0 Å². The van der Waals surface area contributed by atoms with Crippen LogP contribution in [0, 0.1) is 0 Å². The van der Waals surface area contributed by atoms with Gasteiger partial charge in [0.15, 0.2) is 0 Å². The van der Waals surface area contributed by atoms with E-state index in [1.807, 2.05) is 0 Å². The molecule has 0 aromatic heterocycles. The molecule has 0 fully saturated rings. The maximum Gasteiger partial charge on any atom is 0.0455 e. The first kappa shape index (κ1) is 11.7. The molecule has 0 saturated carbocycles. The van der Waals surface area contributed by atoms with Crippen molar-refractivity contribution in [3.63, 3.8) is 0 Å². The Labute approximate surface area is 122 Å². The van der Waals surface area contributed by atoms with Gasteiger partial charge in [0.2, 0.25) is 0 Å². The minimum absolute atomic E-state index is 0.0767. The van der Waals surface area contributed by atoms with Crippen LogP contribution >= 0.6 is 15.9 Å². The second-order valence-corrected chi connectivity index (χ2v) is 6.83. The minimum atomic E-state index is 0.0767. The third-order valence-electron chi connectivity index (χ3n) is 4.56. The van der Waals surface area contributed by atoms with Crippen LogP contribution in [-0.2, 0) is 18.4 Å². The number of rotatable bonds is 0. The van der Waals surface area contributed by atoms with Crippen molar-refractivity contribution in [2.75, 3.05) is 0 Å². The topological polar surface area (TPSA) is 12.0 Å². The molecule has 2 aliphatic heterocycles. The second kappa shape index (κ2) is 3.94. The molecule has 2 aromatic rings. The molecule has 2 aliphatic rings. The smallest absolute Gasteiger partial charge is 0.0455 e. The first-order valence-electron chi connectivity index (χ1n) is 6.80. The molecule has 96 valence electrons. The van der Waals surface area contributed by atoms with Gasteiger partial charge in [0.25, 0.3) is 0 Å². The van der Waals surface area contributed by atoms with Crippen molar-refractivity contribution in [3.8, 4) is 0 Å². The molecule has 1 nitrogen and oxygen atoms in total. The quantitative estimate of drug-likeness (QED) is 0.772. The Balaban J connectivity index is 1.91. The van der Waals surface area contributed by atoms with Gasteiger partial charge in [-0.05, 0) is 54.2 Å². The maximum atomic E-state index is 3.85. The second-order valence-electron chi connectivity index (χ2n) is 5.91. The lowest BCUT2D eigenvalue weighted by Crippen LogP contribution is -2.36. The Kier molecular flexibility index (Phi) is 2.42. The van der Waals surface area contributed by atoms with Gasteiger partial charge in [0.05, 0.1) is 0 Å². The highest BCUT2D eigenvalue weighted by molar-refractivity contribution is 9.10. The molecular weight excluding hydrogens is 298 g/mol. The van der Waals surface area contributed by atoms with Crippen LogP contribution in [0.1, 0.15) is 35.2 Å². The highest BCUT2D eigenvalue weighted by atomic mass is 79.9. The molecule has 0 amide bonds. The third-order valence-corrected chi connectivity index (χ3v) is 5.06. The molecule has 2 heteroatoms. The Morgan fingerprint density at radius 3 is 2.79 bits per heavy atom. The van der Waals surface area contributed by atoms with E-state index in [2.05, 4.69) is 70.6 Å². The van der Waals surface area contributed by atoms with Crippen LogP contribution in [0.25, 0.3) is 0 Å². The van der Waals surface area contributed by atoms with Gasteiger partial charge in [-0.3, -0.25) is 0 Å². The van der Waals surface area contributed by atoms with Gasteiger partial charge < -0.3 is 5.32 Å². The molecule has 2 heterocycles. The van der Waals surface area contributed by atoms with E-state index in [0.717, 1.165) is 12.8 Å². The SMILES string of the molecule is C[C@@]12Cc3ccccc3C[C@@H](N1)c1cc(Br)ccc12. The van der Waals surface area contributed by atoms with Crippen molar-refractivity contribution in [1.29, 1.82) is 0 Å². The summed E-state index contributed by atoms with van der Waals surface area (Å²) >= 11 is 3.60. The van der Waals surface area contributed by atoms with Crippen LogP contribution in [0.3, 0.4) is 0 Å². The van der Waals surface area contributed by atoms with E-state index in [4.69, 9.17) is 0 Å². The lowest BCUT2D eigenvalue weighted by Gasteiger charge is -2.26. The number of hydrogen-bond donors (Lipinski definition) is 1. The van der Waals surface area contributed by atoms with Crippen LogP contribution in [0.2, 0.25) is 0 Å². The van der Waals surface area contributed by atoms with E-state index >= 15 is 0 Å². The molecule has 0 saturated heterocycles. The van der Waals surface area contributed by atoms with Crippen molar-refractivity contribution < 1.29 is 0 Å². The number of fused-ring (bicyclic) bond motifs is 6. The number of benzene rings is 2. The summed E-state index contributed by atoms with van der Waals surface area (Å²) < 4.78 is 1.18. The molecule has 2 bridgehead atoms. The van der Waals surface area contributed by atoms with Crippen molar-refractivity contribution in [2.45, 2.75) is 31.3 Å². The summed E-state index contributed by atoms with van der Waals surface area (Å²) in [5.41, 5.74) is 6.00. The lowest BCUT2D eigenvalue weighted by atomic mass is 9.82. The van der Waals surface area contributed by atoms with E-state index in [1.165, 1.54) is 26.7 Å². The van der Waals surface area contributed by atoms with Gasteiger partial charge in [-0.15, -0.1) is 0 Å². The molecule has 2 aromatic carbocycles. The summed E-state index contributed by atoms with van der Waals surface area (Å²) in [6.45, 7) is 2.34. The fourth-order valence-electron chi connectivity index (χ4n) is 3.70. The fraction of sp³-hybridized carbons (Fsp3) is 0.294. The van der Waals surface area contributed by atoms with E-state index in [0.29, 0.717) is 6.04 Å². The minimum Gasteiger partial charge on any atom is -0.300 e. The molecule has 0 spiro atoms. The molecule has 0 aliphatic carbocycles.